The number of halogens is 1. The minimum absolute atomic E-state index is 0.0940. The van der Waals surface area contributed by atoms with Crippen LogP contribution in [0.2, 0.25) is 0 Å². The van der Waals surface area contributed by atoms with Gasteiger partial charge in [0.2, 0.25) is 5.91 Å². The molecular weight excluding hydrogens is 162 g/mol. The van der Waals surface area contributed by atoms with E-state index in [4.69, 9.17) is 11.6 Å². The van der Waals surface area contributed by atoms with Crippen LogP contribution in [0, 0.1) is 5.92 Å². The zero-order valence-electron chi connectivity index (χ0n) is 6.77. The van der Waals surface area contributed by atoms with Gasteiger partial charge in [-0.1, -0.05) is 6.92 Å². The van der Waals surface area contributed by atoms with Gasteiger partial charge in [-0.2, -0.15) is 0 Å². The highest BCUT2D eigenvalue weighted by Gasteiger charge is 2.27. The minimum atomic E-state index is 0.0940. The Balaban J connectivity index is 2.14. The van der Waals surface area contributed by atoms with Crippen LogP contribution in [-0.2, 0) is 4.79 Å². The summed E-state index contributed by atoms with van der Waals surface area (Å²) in [7, 11) is 0. The largest absolute Gasteiger partial charge is 0.353 e. The van der Waals surface area contributed by atoms with Crippen molar-refractivity contribution in [3.63, 3.8) is 0 Å². The van der Waals surface area contributed by atoms with Gasteiger partial charge in [-0.3, -0.25) is 4.79 Å². The molecule has 0 spiro atoms. The predicted octanol–water partition coefficient (Wildman–Crippen LogP) is 1.53. The van der Waals surface area contributed by atoms with Crippen LogP contribution in [0.15, 0.2) is 0 Å². The van der Waals surface area contributed by atoms with Crippen molar-refractivity contribution in [1.82, 2.24) is 5.32 Å². The molecule has 0 aromatic heterocycles. The first-order valence-electron chi connectivity index (χ1n) is 4.09. The standard InChI is InChI=1S/C8H14ClNO/c1-6-2-3-7(6)10-8(11)4-5-9/h6-7H,2-5H2,1H3,(H,10,11). The highest BCUT2D eigenvalue weighted by molar-refractivity contribution is 6.18. The summed E-state index contributed by atoms with van der Waals surface area (Å²) >= 11 is 5.42. The van der Waals surface area contributed by atoms with Crippen LogP contribution in [0.1, 0.15) is 26.2 Å². The van der Waals surface area contributed by atoms with Gasteiger partial charge in [0, 0.05) is 18.3 Å². The van der Waals surface area contributed by atoms with Crippen LogP contribution in [0.25, 0.3) is 0 Å². The normalized spacial score (nSPS) is 29.3. The Morgan fingerprint density at radius 3 is 2.73 bits per heavy atom. The predicted molar refractivity (Wildman–Crippen MR) is 45.7 cm³/mol. The monoisotopic (exact) mass is 175 g/mol. The maximum absolute atomic E-state index is 11.0. The van der Waals surface area contributed by atoms with E-state index < -0.39 is 0 Å². The van der Waals surface area contributed by atoms with E-state index in [1.807, 2.05) is 0 Å². The number of alkyl halides is 1. The van der Waals surface area contributed by atoms with Gasteiger partial charge < -0.3 is 5.32 Å². The van der Waals surface area contributed by atoms with Gasteiger partial charge in [0.15, 0.2) is 0 Å². The molecule has 0 bridgehead atoms. The SMILES string of the molecule is CC1CCC1NC(=O)CCCl. The first-order valence-corrected chi connectivity index (χ1v) is 4.63. The molecule has 1 aliphatic carbocycles. The topological polar surface area (TPSA) is 29.1 Å². The number of amides is 1. The van der Waals surface area contributed by atoms with Crippen LogP contribution in [0.4, 0.5) is 0 Å². The van der Waals surface area contributed by atoms with Gasteiger partial charge in [0.05, 0.1) is 0 Å². The van der Waals surface area contributed by atoms with Crippen LogP contribution in [-0.4, -0.2) is 17.8 Å². The Hall–Kier alpha value is -0.240. The van der Waals surface area contributed by atoms with E-state index in [-0.39, 0.29) is 5.91 Å². The van der Waals surface area contributed by atoms with Crippen molar-refractivity contribution in [3.05, 3.63) is 0 Å². The third-order valence-electron chi connectivity index (χ3n) is 2.29. The van der Waals surface area contributed by atoms with Gasteiger partial charge >= 0.3 is 0 Å². The molecule has 1 amide bonds. The molecule has 0 radical (unpaired) electrons. The number of carbonyl (C=O) groups excluding carboxylic acids is 1. The molecule has 1 N–H and O–H groups in total. The van der Waals surface area contributed by atoms with Gasteiger partial charge in [-0.05, 0) is 18.8 Å². The van der Waals surface area contributed by atoms with Gasteiger partial charge in [-0.15, -0.1) is 11.6 Å². The Labute approximate surface area is 72.3 Å². The molecule has 0 saturated heterocycles. The average Bonchev–Trinajstić information content (AvgIpc) is 1.98. The Morgan fingerprint density at radius 2 is 2.36 bits per heavy atom. The van der Waals surface area contributed by atoms with Crippen molar-refractivity contribution in [1.29, 1.82) is 0 Å². The zero-order chi connectivity index (χ0) is 8.27. The third kappa shape index (κ3) is 2.37. The third-order valence-corrected chi connectivity index (χ3v) is 2.48. The second kappa shape index (κ2) is 3.96. The van der Waals surface area contributed by atoms with Gasteiger partial charge in [-0.25, -0.2) is 0 Å². The fraction of sp³-hybridized carbons (Fsp3) is 0.875. The van der Waals surface area contributed by atoms with Crippen LogP contribution in [0.3, 0.4) is 0 Å². The summed E-state index contributed by atoms with van der Waals surface area (Å²) in [6, 6.07) is 0.422. The van der Waals surface area contributed by atoms with E-state index in [9.17, 15) is 4.79 Å². The summed E-state index contributed by atoms with van der Waals surface area (Å²) in [4.78, 5) is 11.0. The molecule has 0 aromatic rings. The maximum Gasteiger partial charge on any atom is 0.221 e. The number of carbonyl (C=O) groups is 1. The van der Waals surface area contributed by atoms with E-state index in [1.54, 1.807) is 0 Å². The van der Waals surface area contributed by atoms with Gasteiger partial charge in [0.1, 0.15) is 0 Å². The Kier molecular flexibility index (Phi) is 3.18. The number of hydrogen-bond acceptors (Lipinski definition) is 1. The summed E-state index contributed by atoms with van der Waals surface area (Å²) in [6.45, 7) is 2.16. The lowest BCUT2D eigenvalue weighted by molar-refractivity contribution is -0.122. The molecule has 1 fully saturated rings. The van der Waals surface area contributed by atoms with Crippen molar-refractivity contribution in [2.24, 2.45) is 5.92 Å². The molecule has 0 heterocycles. The Bertz CT molecular complexity index is 149. The fourth-order valence-electron chi connectivity index (χ4n) is 1.25. The van der Waals surface area contributed by atoms with Crippen LogP contribution >= 0.6 is 11.6 Å². The van der Waals surface area contributed by atoms with Gasteiger partial charge in [0.25, 0.3) is 0 Å². The molecule has 1 saturated carbocycles. The van der Waals surface area contributed by atoms with Crippen LogP contribution in [0.5, 0.6) is 0 Å². The van der Waals surface area contributed by atoms with Crippen molar-refractivity contribution in [2.45, 2.75) is 32.2 Å². The lowest BCUT2D eigenvalue weighted by Crippen LogP contribution is -2.45. The number of hydrogen-bond donors (Lipinski definition) is 1. The van der Waals surface area contributed by atoms with Crippen molar-refractivity contribution in [2.75, 3.05) is 5.88 Å². The molecule has 0 aliphatic heterocycles. The molecule has 11 heavy (non-hydrogen) atoms. The Morgan fingerprint density at radius 1 is 1.64 bits per heavy atom. The summed E-state index contributed by atoms with van der Waals surface area (Å²) < 4.78 is 0. The number of nitrogens with one attached hydrogen (secondary N) is 1. The molecule has 0 aromatic carbocycles. The first kappa shape index (κ1) is 8.85. The zero-order valence-corrected chi connectivity index (χ0v) is 7.53. The molecular formula is C8H14ClNO. The fourth-order valence-corrected chi connectivity index (χ4v) is 1.42. The highest BCUT2D eigenvalue weighted by atomic mass is 35.5. The summed E-state index contributed by atoms with van der Waals surface area (Å²) in [6.07, 6.45) is 2.83. The lowest BCUT2D eigenvalue weighted by Gasteiger charge is -2.34. The van der Waals surface area contributed by atoms with Crippen molar-refractivity contribution < 1.29 is 4.79 Å². The van der Waals surface area contributed by atoms with Crippen LogP contribution < -0.4 is 5.32 Å². The molecule has 1 rings (SSSR count). The second-order valence-corrected chi connectivity index (χ2v) is 3.55. The van der Waals surface area contributed by atoms with E-state index in [0.29, 0.717) is 24.3 Å². The molecule has 3 heteroatoms. The second-order valence-electron chi connectivity index (χ2n) is 3.17. The molecule has 1 aliphatic rings. The maximum atomic E-state index is 11.0. The molecule has 64 valence electrons. The summed E-state index contributed by atoms with van der Waals surface area (Å²) in [5.41, 5.74) is 0. The van der Waals surface area contributed by atoms with E-state index >= 15 is 0 Å². The van der Waals surface area contributed by atoms with E-state index in [1.165, 1.54) is 6.42 Å². The quantitative estimate of drug-likeness (QED) is 0.648. The minimum Gasteiger partial charge on any atom is -0.353 e. The van der Waals surface area contributed by atoms with Crippen molar-refractivity contribution in [3.8, 4) is 0 Å². The molecule has 2 nitrogen and oxygen atoms in total. The highest BCUT2D eigenvalue weighted by Crippen LogP contribution is 2.26. The first-order chi connectivity index (χ1) is 5.24. The molecule has 2 atom stereocenters. The lowest BCUT2D eigenvalue weighted by atomic mass is 9.81. The number of rotatable bonds is 3. The van der Waals surface area contributed by atoms with Crippen molar-refractivity contribution >= 4 is 17.5 Å². The summed E-state index contributed by atoms with van der Waals surface area (Å²) in [5.74, 6) is 1.18. The summed E-state index contributed by atoms with van der Waals surface area (Å²) in [5, 5.41) is 2.94. The smallest absolute Gasteiger partial charge is 0.221 e. The van der Waals surface area contributed by atoms with E-state index in [2.05, 4.69) is 12.2 Å². The van der Waals surface area contributed by atoms with E-state index in [0.717, 1.165) is 6.42 Å². The average molecular weight is 176 g/mol. The molecule has 2 unspecified atom stereocenters.